The molecule has 1 aromatic carbocycles. The maximum atomic E-state index is 12.2. The van der Waals surface area contributed by atoms with Gasteiger partial charge in [-0.3, -0.25) is 4.79 Å². The molecule has 0 fully saturated rings. The normalized spacial score (nSPS) is 12.5. The largest absolute Gasteiger partial charge is 0.351 e. The second-order valence-corrected chi connectivity index (χ2v) is 9.42. The maximum absolute atomic E-state index is 12.2. The molecular formula is C14H19BrClNO3S. The van der Waals surface area contributed by atoms with Crippen molar-refractivity contribution in [3.63, 3.8) is 0 Å². The van der Waals surface area contributed by atoms with Crippen LogP contribution in [0.25, 0.3) is 0 Å². The molecule has 1 aromatic rings. The van der Waals surface area contributed by atoms with Crippen LogP contribution in [-0.4, -0.2) is 20.9 Å². The highest BCUT2D eigenvalue weighted by molar-refractivity contribution is 9.10. The average molecular weight is 397 g/mol. The van der Waals surface area contributed by atoms with Gasteiger partial charge in [-0.15, -0.1) is 0 Å². The monoisotopic (exact) mass is 395 g/mol. The van der Waals surface area contributed by atoms with E-state index in [0.717, 1.165) is 0 Å². The van der Waals surface area contributed by atoms with E-state index >= 15 is 0 Å². The van der Waals surface area contributed by atoms with E-state index in [4.69, 9.17) is 10.7 Å². The molecule has 21 heavy (non-hydrogen) atoms. The van der Waals surface area contributed by atoms with Crippen molar-refractivity contribution in [2.75, 3.05) is 6.54 Å². The zero-order valence-electron chi connectivity index (χ0n) is 12.4. The van der Waals surface area contributed by atoms with Crippen molar-refractivity contribution >= 4 is 41.6 Å². The summed E-state index contributed by atoms with van der Waals surface area (Å²) in [4.78, 5) is 12.1. The summed E-state index contributed by atoms with van der Waals surface area (Å²) in [6, 6.07) is 4.19. The molecule has 0 atom stereocenters. The molecule has 4 nitrogen and oxygen atoms in total. The molecule has 118 valence electrons. The van der Waals surface area contributed by atoms with Crippen LogP contribution < -0.4 is 5.32 Å². The number of benzene rings is 1. The molecule has 1 N–H and O–H groups in total. The second kappa shape index (κ2) is 6.67. The molecule has 0 aromatic heterocycles. The zero-order valence-corrected chi connectivity index (χ0v) is 15.6. The lowest BCUT2D eigenvalue weighted by Crippen LogP contribution is -2.37. The Morgan fingerprint density at radius 3 is 2.38 bits per heavy atom. The Bertz CT molecular complexity index is 642. The fourth-order valence-corrected chi connectivity index (χ4v) is 2.90. The number of hydrogen-bond acceptors (Lipinski definition) is 3. The van der Waals surface area contributed by atoms with Crippen LogP contribution in [0.4, 0.5) is 0 Å². The first-order chi connectivity index (χ1) is 9.43. The molecule has 1 amide bonds. The summed E-state index contributed by atoms with van der Waals surface area (Å²) in [6.45, 7) is 8.80. The SMILES string of the molecule is CC(C)C(C)(C)CNC(=O)c1cc(Br)cc(S(=O)(=O)Cl)c1. The Morgan fingerprint density at radius 2 is 1.90 bits per heavy atom. The first-order valence-electron chi connectivity index (χ1n) is 6.47. The van der Waals surface area contributed by atoms with E-state index in [1.54, 1.807) is 6.07 Å². The van der Waals surface area contributed by atoms with Gasteiger partial charge in [-0.1, -0.05) is 43.6 Å². The summed E-state index contributed by atoms with van der Waals surface area (Å²) in [5.74, 6) is 0.0747. The van der Waals surface area contributed by atoms with Gasteiger partial charge in [0.25, 0.3) is 15.0 Å². The minimum atomic E-state index is -3.88. The van der Waals surface area contributed by atoms with Crippen molar-refractivity contribution in [3.8, 4) is 0 Å². The Hall–Kier alpha value is -0.590. The molecule has 0 spiro atoms. The van der Waals surface area contributed by atoms with Crippen LogP contribution >= 0.6 is 26.6 Å². The predicted octanol–water partition coefficient (Wildman–Crippen LogP) is 3.79. The number of carbonyl (C=O) groups excluding carboxylic acids is 1. The standard InChI is InChI=1S/C14H19BrClNO3S/c1-9(2)14(3,4)8-17-13(18)10-5-11(15)7-12(6-10)21(16,19)20/h5-7,9H,8H2,1-4H3,(H,17,18). The second-order valence-electron chi connectivity index (χ2n) is 5.94. The Kier molecular flexibility index (Phi) is 5.86. The number of halogens is 2. The summed E-state index contributed by atoms with van der Waals surface area (Å²) < 4.78 is 23.2. The summed E-state index contributed by atoms with van der Waals surface area (Å²) in [5.41, 5.74) is 0.200. The zero-order chi connectivity index (χ0) is 16.4. The molecule has 0 heterocycles. The first kappa shape index (κ1) is 18.5. The van der Waals surface area contributed by atoms with Crippen LogP contribution in [-0.2, 0) is 9.05 Å². The van der Waals surface area contributed by atoms with Gasteiger partial charge in [-0.2, -0.15) is 0 Å². The number of carbonyl (C=O) groups is 1. The molecule has 0 aliphatic heterocycles. The van der Waals surface area contributed by atoms with Crippen molar-refractivity contribution in [2.24, 2.45) is 11.3 Å². The molecule has 1 rings (SSSR count). The fraction of sp³-hybridized carbons (Fsp3) is 0.500. The maximum Gasteiger partial charge on any atom is 0.261 e. The van der Waals surface area contributed by atoms with Crippen molar-refractivity contribution in [3.05, 3.63) is 28.2 Å². The number of amides is 1. The van der Waals surface area contributed by atoms with E-state index in [9.17, 15) is 13.2 Å². The van der Waals surface area contributed by atoms with E-state index in [2.05, 4.69) is 48.9 Å². The van der Waals surface area contributed by atoms with Gasteiger partial charge in [-0.25, -0.2) is 8.42 Å². The first-order valence-corrected chi connectivity index (χ1v) is 9.57. The van der Waals surface area contributed by atoms with E-state index in [1.165, 1.54) is 12.1 Å². The highest BCUT2D eigenvalue weighted by atomic mass is 79.9. The lowest BCUT2D eigenvalue weighted by molar-refractivity contribution is 0.0924. The van der Waals surface area contributed by atoms with Gasteiger partial charge in [0.15, 0.2) is 0 Å². The lowest BCUT2D eigenvalue weighted by Gasteiger charge is -2.29. The van der Waals surface area contributed by atoms with Crippen LogP contribution in [0.5, 0.6) is 0 Å². The van der Waals surface area contributed by atoms with E-state index in [1.807, 2.05) is 0 Å². The predicted molar refractivity (Wildman–Crippen MR) is 88.1 cm³/mol. The third kappa shape index (κ3) is 5.27. The van der Waals surface area contributed by atoms with Crippen molar-refractivity contribution < 1.29 is 13.2 Å². The molecule has 0 radical (unpaired) electrons. The van der Waals surface area contributed by atoms with E-state index in [-0.39, 0.29) is 21.8 Å². The highest BCUT2D eigenvalue weighted by Crippen LogP contribution is 2.25. The fourth-order valence-electron chi connectivity index (χ4n) is 1.45. The van der Waals surface area contributed by atoms with Gasteiger partial charge < -0.3 is 5.32 Å². The molecule has 7 heteroatoms. The Labute approximate surface area is 138 Å². The van der Waals surface area contributed by atoms with E-state index < -0.39 is 9.05 Å². The van der Waals surface area contributed by atoms with Gasteiger partial charge >= 0.3 is 0 Å². The van der Waals surface area contributed by atoms with Crippen molar-refractivity contribution in [1.82, 2.24) is 5.32 Å². The summed E-state index contributed by atoms with van der Waals surface area (Å²) in [7, 11) is 1.44. The minimum absolute atomic E-state index is 0.0525. The van der Waals surface area contributed by atoms with Crippen LogP contribution in [0.3, 0.4) is 0 Å². The van der Waals surface area contributed by atoms with Gasteiger partial charge in [0, 0.05) is 27.3 Å². The van der Waals surface area contributed by atoms with Gasteiger partial charge in [-0.05, 0) is 29.5 Å². The quantitative estimate of drug-likeness (QED) is 0.770. The molecule has 0 unspecified atom stereocenters. The molecule has 0 aliphatic rings. The molecule has 0 saturated carbocycles. The summed E-state index contributed by atoms with van der Waals surface area (Å²) in [5, 5.41) is 2.83. The number of nitrogens with one attached hydrogen (secondary N) is 1. The Balaban J connectivity index is 2.97. The Morgan fingerprint density at radius 1 is 1.33 bits per heavy atom. The minimum Gasteiger partial charge on any atom is -0.351 e. The lowest BCUT2D eigenvalue weighted by atomic mass is 9.81. The summed E-state index contributed by atoms with van der Waals surface area (Å²) in [6.07, 6.45) is 0. The van der Waals surface area contributed by atoms with E-state index in [0.29, 0.717) is 16.9 Å². The molecule has 0 aliphatic carbocycles. The third-order valence-electron chi connectivity index (χ3n) is 3.68. The van der Waals surface area contributed by atoms with Crippen LogP contribution in [0.2, 0.25) is 0 Å². The number of rotatable bonds is 5. The van der Waals surface area contributed by atoms with Gasteiger partial charge in [0.05, 0.1) is 4.90 Å². The van der Waals surface area contributed by atoms with Gasteiger partial charge in [0.1, 0.15) is 0 Å². The molecule has 0 saturated heterocycles. The van der Waals surface area contributed by atoms with Crippen LogP contribution in [0.15, 0.2) is 27.6 Å². The van der Waals surface area contributed by atoms with Crippen molar-refractivity contribution in [2.45, 2.75) is 32.6 Å². The molecular weight excluding hydrogens is 378 g/mol. The summed E-state index contributed by atoms with van der Waals surface area (Å²) >= 11 is 3.18. The third-order valence-corrected chi connectivity index (χ3v) is 5.47. The van der Waals surface area contributed by atoms with Gasteiger partial charge in [0.2, 0.25) is 0 Å². The topological polar surface area (TPSA) is 63.2 Å². The highest BCUT2D eigenvalue weighted by Gasteiger charge is 2.23. The van der Waals surface area contributed by atoms with Crippen molar-refractivity contribution in [1.29, 1.82) is 0 Å². The average Bonchev–Trinajstić information content (AvgIpc) is 2.34. The smallest absolute Gasteiger partial charge is 0.261 e. The molecule has 0 bridgehead atoms. The van der Waals surface area contributed by atoms with Crippen LogP contribution in [0, 0.1) is 11.3 Å². The van der Waals surface area contributed by atoms with Crippen LogP contribution in [0.1, 0.15) is 38.1 Å². The number of hydrogen-bond donors (Lipinski definition) is 1.